The molecular weight excluding hydrogens is 534 g/mol. The van der Waals surface area contributed by atoms with Gasteiger partial charge in [-0.25, -0.2) is 0 Å². The molecular formula is C24H25N5O7S2. The number of aromatic hydroxyl groups is 1. The highest BCUT2D eigenvalue weighted by Crippen LogP contribution is 2.44. The van der Waals surface area contributed by atoms with E-state index < -0.39 is 41.5 Å². The fraction of sp³-hybridized carbons (Fsp3) is 0.0833. The molecule has 38 heavy (non-hydrogen) atoms. The average molecular weight is 560 g/mol. The molecule has 0 aliphatic heterocycles. The summed E-state index contributed by atoms with van der Waals surface area (Å²) in [7, 11) is -9.77. The minimum absolute atomic E-state index is 0.197. The molecule has 12 nitrogen and oxygen atoms in total. The van der Waals surface area contributed by atoms with E-state index in [4.69, 9.17) is 17.2 Å². The molecule has 0 fully saturated rings. The lowest BCUT2D eigenvalue weighted by atomic mass is 10.00. The lowest BCUT2D eigenvalue weighted by molar-refractivity contribution is 0.473. The summed E-state index contributed by atoms with van der Waals surface area (Å²) >= 11 is 0. The van der Waals surface area contributed by atoms with Gasteiger partial charge in [0.05, 0.1) is 28.1 Å². The Kier molecular flexibility index (Phi) is 6.53. The molecule has 0 saturated heterocycles. The molecule has 0 unspecified atom stereocenters. The number of nitrogens with two attached hydrogens (primary N) is 3. The van der Waals surface area contributed by atoms with Gasteiger partial charge in [-0.15, -0.1) is 0 Å². The molecule has 4 aromatic rings. The molecule has 0 aliphatic rings. The third-order valence-corrected chi connectivity index (χ3v) is 7.88. The summed E-state index contributed by atoms with van der Waals surface area (Å²) in [4.78, 5) is -1.57. The molecule has 0 aliphatic carbocycles. The van der Waals surface area contributed by atoms with E-state index in [1.54, 1.807) is 6.07 Å². The molecule has 0 atom stereocenters. The van der Waals surface area contributed by atoms with Crippen LogP contribution < -0.4 is 28.1 Å². The Morgan fingerprint density at radius 2 is 1.26 bits per heavy atom. The molecule has 4 rings (SSSR count). The highest BCUT2D eigenvalue weighted by molar-refractivity contribution is 7.86. The van der Waals surface area contributed by atoms with Crippen LogP contribution >= 0.6 is 0 Å². The van der Waals surface area contributed by atoms with Crippen LogP contribution in [-0.4, -0.2) is 31.0 Å². The van der Waals surface area contributed by atoms with Gasteiger partial charge in [0.1, 0.15) is 15.5 Å². The minimum Gasteiger partial charge on any atom is -0.505 e. The standard InChI is InChI=1S/C24H25N5O7S2/c1-11-7-13(3-5-16(11)25)14-4-6-17(12(2)8-14)28-29-23-19(38(34,35)36)10-15-9-18(37(31,32)33)21(26)24(30)20(15)22(23)27/h3-10,28-30H,25-27H2,1-2H3,(H,31,32,33)(H,34,35,36). The van der Waals surface area contributed by atoms with Gasteiger partial charge in [0.2, 0.25) is 0 Å². The van der Waals surface area contributed by atoms with Gasteiger partial charge < -0.3 is 27.7 Å². The zero-order valence-electron chi connectivity index (χ0n) is 20.1. The van der Waals surface area contributed by atoms with E-state index in [1.807, 2.05) is 44.2 Å². The van der Waals surface area contributed by atoms with Crippen molar-refractivity contribution in [1.82, 2.24) is 0 Å². The number of phenolic OH excluding ortho intramolecular Hbond substituents is 1. The van der Waals surface area contributed by atoms with Gasteiger partial charge >= 0.3 is 0 Å². The van der Waals surface area contributed by atoms with E-state index in [1.165, 1.54) is 0 Å². The van der Waals surface area contributed by atoms with E-state index in [0.29, 0.717) is 11.4 Å². The highest BCUT2D eigenvalue weighted by Gasteiger charge is 2.26. The topological polar surface area (TPSA) is 231 Å². The molecule has 0 bridgehead atoms. The number of hydrogen-bond acceptors (Lipinski definition) is 10. The molecule has 11 N–H and O–H groups in total. The molecule has 0 aromatic heterocycles. The van der Waals surface area contributed by atoms with Crippen molar-refractivity contribution in [3.05, 3.63) is 59.7 Å². The van der Waals surface area contributed by atoms with Crippen molar-refractivity contribution >= 4 is 59.4 Å². The monoisotopic (exact) mass is 559 g/mol. The lowest BCUT2D eigenvalue weighted by Crippen LogP contribution is -2.16. The van der Waals surface area contributed by atoms with E-state index in [0.717, 1.165) is 34.4 Å². The number of nitrogens with one attached hydrogen (secondary N) is 2. The Labute approximate surface area is 218 Å². The van der Waals surface area contributed by atoms with Crippen LogP contribution in [0.4, 0.5) is 28.4 Å². The average Bonchev–Trinajstić information content (AvgIpc) is 2.81. The van der Waals surface area contributed by atoms with Crippen LogP contribution in [0.15, 0.2) is 58.3 Å². The van der Waals surface area contributed by atoms with Crippen molar-refractivity contribution in [3.63, 3.8) is 0 Å². The van der Waals surface area contributed by atoms with Gasteiger partial charge in [-0.05, 0) is 77.9 Å². The predicted molar refractivity (Wildman–Crippen MR) is 147 cm³/mol. The summed E-state index contributed by atoms with van der Waals surface area (Å²) < 4.78 is 66.9. The summed E-state index contributed by atoms with van der Waals surface area (Å²) in [6, 6.07) is 12.8. The maximum Gasteiger partial charge on any atom is 0.296 e. The number of nitrogen functional groups attached to an aromatic ring is 3. The van der Waals surface area contributed by atoms with Crippen LogP contribution in [-0.2, 0) is 20.2 Å². The second kappa shape index (κ2) is 9.25. The molecule has 0 amide bonds. The van der Waals surface area contributed by atoms with Gasteiger partial charge in [0, 0.05) is 5.69 Å². The summed E-state index contributed by atoms with van der Waals surface area (Å²) in [5, 5.41) is 10.2. The molecule has 0 heterocycles. The largest absolute Gasteiger partial charge is 0.505 e. The number of rotatable bonds is 6. The Bertz CT molecular complexity index is 1840. The molecule has 0 radical (unpaired) electrons. The van der Waals surface area contributed by atoms with Crippen LogP contribution in [0.1, 0.15) is 11.1 Å². The summed E-state index contributed by atoms with van der Waals surface area (Å²) in [5.41, 5.74) is 26.6. The first-order chi connectivity index (χ1) is 17.6. The van der Waals surface area contributed by atoms with E-state index in [2.05, 4.69) is 10.9 Å². The van der Waals surface area contributed by atoms with E-state index >= 15 is 0 Å². The SMILES string of the molecule is Cc1cc(-c2ccc(NNc3c(S(=O)(=O)O)cc4cc(S(=O)(=O)O)c(N)c(O)c4c3N)c(C)c2)ccc1N. The quantitative estimate of drug-likeness (QED) is 0.0734. The summed E-state index contributed by atoms with van der Waals surface area (Å²) in [6.07, 6.45) is 0. The van der Waals surface area contributed by atoms with Crippen molar-refractivity contribution in [3.8, 4) is 16.9 Å². The number of hydrazine groups is 1. The molecule has 0 saturated carbocycles. The summed E-state index contributed by atoms with van der Waals surface area (Å²) in [6.45, 7) is 3.72. The third kappa shape index (κ3) is 4.84. The second-order valence-corrected chi connectivity index (χ2v) is 11.5. The number of phenols is 1. The van der Waals surface area contributed by atoms with Crippen molar-refractivity contribution in [2.45, 2.75) is 23.6 Å². The Balaban J connectivity index is 1.79. The third-order valence-electron chi connectivity index (χ3n) is 6.11. The predicted octanol–water partition coefficient (Wildman–Crippen LogP) is 3.51. The molecule has 14 heteroatoms. The first-order valence-corrected chi connectivity index (χ1v) is 13.8. The maximum atomic E-state index is 12.2. The lowest BCUT2D eigenvalue weighted by Gasteiger charge is -2.19. The minimum atomic E-state index is -4.90. The van der Waals surface area contributed by atoms with Crippen LogP contribution in [0.3, 0.4) is 0 Å². The van der Waals surface area contributed by atoms with Gasteiger partial charge in [0.25, 0.3) is 20.2 Å². The van der Waals surface area contributed by atoms with Crippen molar-refractivity contribution in [2.24, 2.45) is 0 Å². The fourth-order valence-electron chi connectivity index (χ4n) is 4.06. The van der Waals surface area contributed by atoms with Crippen LogP contribution in [0.5, 0.6) is 5.75 Å². The van der Waals surface area contributed by atoms with Crippen molar-refractivity contribution in [1.29, 1.82) is 0 Å². The van der Waals surface area contributed by atoms with Crippen molar-refractivity contribution < 1.29 is 31.0 Å². The van der Waals surface area contributed by atoms with E-state index in [9.17, 15) is 31.0 Å². The van der Waals surface area contributed by atoms with Gasteiger partial charge in [-0.3, -0.25) is 14.5 Å². The highest BCUT2D eigenvalue weighted by atomic mass is 32.2. The Morgan fingerprint density at radius 3 is 1.82 bits per heavy atom. The van der Waals surface area contributed by atoms with Gasteiger partial charge in [-0.1, -0.05) is 12.1 Å². The number of benzene rings is 4. The fourth-order valence-corrected chi connectivity index (χ4v) is 5.41. The first-order valence-electron chi connectivity index (χ1n) is 10.9. The zero-order valence-corrected chi connectivity index (χ0v) is 21.8. The first kappa shape index (κ1) is 26.8. The van der Waals surface area contributed by atoms with Crippen LogP contribution in [0.2, 0.25) is 0 Å². The second-order valence-electron chi connectivity index (χ2n) is 8.70. The van der Waals surface area contributed by atoms with Gasteiger partial charge in [0.15, 0.2) is 0 Å². The van der Waals surface area contributed by atoms with Crippen molar-refractivity contribution in [2.75, 3.05) is 28.1 Å². The van der Waals surface area contributed by atoms with Gasteiger partial charge in [-0.2, -0.15) is 16.8 Å². The summed E-state index contributed by atoms with van der Waals surface area (Å²) in [5.74, 6) is -0.795. The normalized spacial score (nSPS) is 12.0. The van der Waals surface area contributed by atoms with Crippen LogP contribution in [0.25, 0.3) is 21.9 Å². The maximum absolute atomic E-state index is 12.2. The Hall–Kier alpha value is -4.24. The Morgan fingerprint density at radius 1 is 0.711 bits per heavy atom. The number of anilines is 5. The zero-order chi connectivity index (χ0) is 28.2. The smallest absolute Gasteiger partial charge is 0.296 e. The van der Waals surface area contributed by atoms with E-state index in [-0.39, 0.29) is 22.1 Å². The molecule has 200 valence electrons. The number of hydrogen-bond donors (Lipinski definition) is 8. The molecule has 0 spiro atoms. The number of fused-ring (bicyclic) bond motifs is 1. The van der Waals surface area contributed by atoms with Crippen LogP contribution in [0, 0.1) is 13.8 Å². The number of aryl methyl sites for hydroxylation is 2. The molecule has 4 aromatic carbocycles.